The molecule has 4 heteroatoms. The number of piperazine rings is 1. The van der Waals surface area contributed by atoms with Gasteiger partial charge in [-0.25, -0.2) is 0 Å². The lowest BCUT2D eigenvalue weighted by Gasteiger charge is -2.41. The van der Waals surface area contributed by atoms with Crippen LogP contribution in [0.25, 0.3) is 0 Å². The van der Waals surface area contributed by atoms with Crippen LogP contribution in [-0.2, 0) is 6.54 Å². The number of nitrogens with one attached hydrogen (secondary N) is 1. The van der Waals surface area contributed by atoms with Crippen LogP contribution in [0.5, 0.6) is 0 Å². The van der Waals surface area contributed by atoms with Crippen molar-refractivity contribution < 1.29 is 0 Å². The van der Waals surface area contributed by atoms with Crippen molar-refractivity contribution in [1.82, 2.24) is 10.2 Å². The first-order valence-electron chi connectivity index (χ1n) is 7.63. The Morgan fingerprint density at radius 3 is 2.75 bits per heavy atom. The zero-order valence-electron chi connectivity index (χ0n) is 12.8. The number of halogens is 1. The van der Waals surface area contributed by atoms with Crippen LogP contribution >= 0.6 is 11.6 Å². The predicted molar refractivity (Wildman–Crippen MR) is 87.8 cm³/mol. The lowest BCUT2D eigenvalue weighted by atomic mass is 10.1. The summed E-state index contributed by atoms with van der Waals surface area (Å²) in [6, 6.07) is 6.87. The Morgan fingerprint density at radius 1 is 1.30 bits per heavy atom. The van der Waals surface area contributed by atoms with Crippen LogP contribution in [0.1, 0.15) is 26.3 Å². The van der Waals surface area contributed by atoms with E-state index in [1.54, 1.807) is 0 Å². The number of nitrogens with zero attached hydrogens (tertiary/aromatic N) is 2. The van der Waals surface area contributed by atoms with Crippen LogP contribution in [0.3, 0.4) is 0 Å². The molecular formula is C16H26ClN3. The molecule has 0 radical (unpaired) electrons. The number of likely N-dealkylation sites (N-methyl/N-ethyl adjacent to an activating group) is 1. The summed E-state index contributed by atoms with van der Waals surface area (Å²) in [6.07, 6.45) is 0. The molecule has 1 fully saturated rings. The lowest BCUT2D eigenvalue weighted by Crippen LogP contribution is -2.52. The molecule has 1 heterocycles. The molecule has 0 saturated carbocycles. The fraction of sp³-hybridized carbons (Fsp3) is 0.625. The van der Waals surface area contributed by atoms with Crippen molar-refractivity contribution in [2.75, 3.05) is 37.6 Å². The van der Waals surface area contributed by atoms with E-state index < -0.39 is 0 Å². The highest BCUT2D eigenvalue weighted by Gasteiger charge is 2.23. The van der Waals surface area contributed by atoms with E-state index in [0.29, 0.717) is 6.04 Å². The Balaban J connectivity index is 2.15. The monoisotopic (exact) mass is 295 g/mol. The van der Waals surface area contributed by atoms with Gasteiger partial charge in [0.1, 0.15) is 0 Å². The highest BCUT2D eigenvalue weighted by molar-refractivity contribution is 6.30. The van der Waals surface area contributed by atoms with Crippen LogP contribution in [0.2, 0.25) is 5.02 Å². The normalized spacial score (nSPS) is 20.4. The molecule has 112 valence electrons. The summed E-state index contributed by atoms with van der Waals surface area (Å²) in [7, 11) is 0. The van der Waals surface area contributed by atoms with E-state index in [1.807, 2.05) is 6.07 Å². The molecule has 0 amide bonds. The summed E-state index contributed by atoms with van der Waals surface area (Å²) in [5, 5.41) is 4.23. The molecule has 2 rings (SSSR count). The fourth-order valence-electron chi connectivity index (χ4n) is 2.95. The largest absolute Gasteiger partial charge is 0.368 e. The third-order valence-corrected chi connectivity index (χ3v) is 4.35. The Kier molecular flexibility index (Phi) is 5.70. The van der Waals surface area contributed by atoms with Crippen LogP contribution in [0, 0.1) is 0 Å². The van der Waals surface area contributed by atoms with E-state index in [4.69, 9.17) is 11.6 Å². The highest BCUT2D eigenvalue weighted by Crippen LogP contribution is 2.26. The van der Waals surface area contributed by atoms with Gasteiger partial charge in [0.25, 0.3) is 0 Å². The summed E-state index contributed by atoms with van der Waals surface area (Å²) < 4.78 is 0. The van der Waals surface area contributed by atoms with Crippen molar-refractivity contribution in [2.24, 2.45) is 0 Å². The molecule has 1 aliphatic rings. The molecule has 1 aliphatic heterocycles. The van der Waals surface area contributed by atoms with Gasteiger partial charge in [0, 0.05) is 42.9 Å². The molecule has 20 heavy (non-hydrogen) atoms. The van der Waals surface area contributed by atoms with E-state index >= 15 is 0 Å². The summed E-state index contributed by atoms with van der Waals surface area (Å²) in [5.41, 5.74) is 2.63. The van der Waals surface area contributed by atoms with Crippen molar-refractivity contribution in [3.05, 3.63) is 28.8 Å². The molecule has 1 saturated heterocycles. The van der Waals surface area contributed by atoms with Gasteiger partial charge in [0.2, 0.25) is 0 Å². The molecule has 0 spiro atoms. The molecule has 3 nitrogen and oxygen atoms in total. The van der Waals surface area contributed by atoms with Crippen molar-refractivity contribution in [1.29, 1.82) is 0 Å². The second-order valence-corrected chi connectivity index (χ2v) is 5.91. The van der Waals surface area contributed by atoms with Crippen molar-refractivity contribution >= 4 is 17.3 Å². The van der Waals surface area contributed by atoms with Crippen molar-refractivity contribution in [3.8, 4) is 0 Å². The summed E-state index contributed by atoms with van der Waals surface area (Å²) >= 11 is 6.15. The number of rotatable bonds is 5. The maximum atomic E-state index is 6.15. The third-order valence-electron chi connectivity index (χ3n) is 4.12. The Hall–Kier alpha value is -0.770. The molecule has 0 aliphatic carbocycles. The van der Waals surface area contributed by atoms with Crippen LogP contribution in [-0.4, -0.2) is 43.7 Å². The molecule has 1 unspecified atom stereocenters. The number of hydrogen-bond donors (Lipinski definition) is 1. The first-order chi connectivity index (χ1) is 9.65. The third kappa shape index (κ3) is 3.66. The van der Waals surface area contributed by atoms with Gasteiger partial charge in [-0.3, -0.25) is 4.90 Å². The maximum absolute atomic E-state index is 6.15. The average Bonchev–Trinajstić information content (AvgIpc) is 2.45. The molecular weight excluding hydrogens is 270 g/mol. The lowest BCUT2D eigenvalue weighted by molar-refractivity contribution is 0.199. The standard InChI is InChI=1S/C16H26ClN3/c1-4-18-11-14-10-15(17)6-7-16(14)20-9-8-19(5-2)13(3)12-20/h6-7,10,13,18H,4-5,8-9,11-12H2,1-3H3. The Morgan fingerprint density at radius 2 is 2.10 bits per heavy atom. The van der Waals surface area contributed by atoms with Crippen LogP contribution in [0.15, 0.2) is 18.2 Å². The van der Waals surface area contributed by atoms with Gasteiger partial charge in [-0.15, -0.1) is 0 Å². The van der Waals surface area contributed by atoms with Gasteiger partial charge >= 0.3 is 0 Å². The summed E-state index contributed by atoms with van der Waals surface area (Å²) in [5.74, 6) is 0. The maximum Gasteiger partial charge on any atom is 0.0413 e. The molecule has 1 aromatic rings. The SMILES string of the molecule is CCNCc1cc(Cl)ccc1N1CCN(CC)C(C)C1. The van der Waals surface area contributed by atoms with Crippen molar-refractivity contribution in [2.45, 2.75) is 33.4 Å². The molecule has 1 aromatic carbocycles. The van der Waals surface area contributed by atoms with Gasteiger partial charge < -0.3 is 10.2 Å². The zero-order valence-corrected chi connectivity index (χ0v) is 13.6. The van der Waals surface area contributed by atoms with E-state index in [9.17, 15) is 0 Å². The van der Waals surface area contributed by atoms with Gasteiger partial charge in [-0.2, -0.15) is 0 Å². The first kappa shape index (κ1) is 15.6. The van der Waals surface area contributed by atoms with Gasteiger partial charge in [0.05, 0.1) is 0 Å². The average molecular weight is 296 g/mol. The first-order valence-corrected chi connectivity index (χ1v) is 8.01. The van der Waals surface area contributed by atoms with Crippen LogP contribution < -0.4 is 10.2 Å². The number of anilines is 1. The predicted octanol–water partition coefficient (Wildman–Crippen LogP) is 2.98. The second-order valence-electron chi connectivity index (χ2n) is 5.48. The molecule has 0 aromatic heterocycles. The van der Waals surface area contributed by atoms with E-state index in [1.165, 1.54) is 11.3 Å². The number of benzene rings is 1. The van der Waals surface area contributed by atoms with Gasteiger partial charge in [-0.1, -0.05) is 25.4 Å². The Labute approximate surface area is 127 Å². The second kappa shape index (κ2) is 7.30. The summed E-state index contributed by atoms with van der Waals surface area (Å²) in [4.78, 5) is 5.04. The zero-order chi connectivity index (χ0) is 14.5. The molecule has 0 bridgehead atoms. The molecule has 1 N–H and O–H groups in total. The topological polar surface area (TPSA) is 18.5 Å². The van der Waals surface area contributed by atoms with Gasteiger partial charge in [0.15, 0.2) is 0 Å². The minimum atomic E-state index is 0.608. The summed E-state index contributed by atoms with van der Waals surface area (Å²) in [6.45, 7) is 13.0. The van der Waals surface area contributed by atoms with E-state index in [-0.39, 0.29) is 0 Å². The smallest absolute Gasteiger partial charge is 0.0413 e. The van der Waals surface area contributed by atoms with E-state index in [2.05, 4.69) is 48.0 Å². The van der Waals surface area contributed by atoms with E-state index in [0.717, 1.165) is 44.3 Å². The quantitative estimate of drug-likeness (QED) is 0.901. The minimum absolute atomic E-state index is 0.608. The fourth-order valence-corrected chi connectivity index (χ4v) is 3.14. The van der Waals surface area contributed by atoms with Gasteiger partial charge in [-0.05, 0) is 43.8 Å². The van der Waals surface area contributed by atoms with Crippen molar-refractivity contribution in [3.63, 3.8) is 0 Å². The molecule has 1 atom stereocenters. The number of hydrogen-bond acceptors (Lipinski definition) is 3. The minimum Gasteiger partial charge on any atom is -0.368 e. The highest BCUT2D eigenvalue weighted by atomic mass is 35.5. The Bertz CT molecular complexity index is 436. The van der Waals surface area contributed by atoms with Crippen LogP contribution in [0.4, 0.5) is 5.69 Å².